The van der Waals surface area contributed by atoms with Crippen molar-refractivity contribution in [2.75, 3.05) is 0 Å². The van der Waals surface area contributed by atoms with E-state index < -0.39 is 28.3 Å². The van der Waals surface area contributed by atoms with Crippen LogP contribution >= 0.6 is 0 Å². The van der Waals surface area contributed by atoms with Crippen molar-refractivity contribution >= 4 is 18.1 Å². The third-order valence-corrected chi connectivity index (χ3v) is 3.44. The Labute approximate surface area is 114 Å². The van der Waals surface area contributed by atoms with Gasteiger partial charge in [-0.1, -0.05) is 0 Å². The molecule has 2 amide bonds. The normalized spacial score (nSPS) is 22.4. The molecule has 2 N–H and O–H groups in total. The molecule has 6 nitrogen and oxygen atoms in total. The van der Waals surface area contributed by atoms with Gasteiger partial charge in [-0.05, 0) is 18.2 Å². The Morgan fingerprint density at radius 2 is 2.25 bits per heavy atom. The van der Waals surface area contributed by atoms with E-state index in [1.807, 2.05) is 0 Å². The fourth-order valence-corrected chi connectivity index (χ4v) is 2.46. The summed E-state index contributed by atoms with van der Waals surface area (Å²) in [5, 5.41) is 12.7. The lowest BCUT2D eigenvalue weighted by Gasteiger charge is -2.40. The largest absolute Gasteiger partial charge is 0.624 e. The predicted molar refractivity (Wildman–Crippen MR) is 66.3 cm³/mol. The highest BCUT2D eigenvalue weighted by molar-refractivity contribution is 5.95. The van der Waals surface area contributed by atoms with Gasteiger partial charge in [0.1, 0.15) is 18.6 Å². The number of nitrogens with zero attached hydrogens (tertiary/aromatic N) is 1. The number of benzene rings is 1. The third-order valence-electron chi connectivity index (χ3n) is 3.44. The third kappa shape index (κ3) is 2.21. The van der Waals surface area contributed by atoms with Crippen LogP contribution in [0.25, 0.3) is 0 Å². The summed E-state index contributed by atoms with van der Waals surface area (Å²) in [6.45, 7) is -0.349. The molecule has 2 unspecified atom stereocenters. The molecule has 20 heavy (non-hydrogen) atoms. The smallest absolute Gasteiger partial charge is 0.347 e. The first-order valence-electron chi connectivity index (χ1n) is 6.05. The lowest BCUT2D eigenvalue weighted by Crippen LogP contribution is -2.56. The van der Waals surface area contributed by atoms with E-state index in [0.717, 1.165) is 12.1 Å². The average Bonchev–Trinajstić information content (AvgIpc) is 2.61. The zero-order valence-corrected chi connectivity index (χ0v) is 10.5. The van der Waals surface area contributed by atoms with Crippen LogP contribution < -0.4 is 5.73 Å². The maximum absolute atomic E-state index is 13.1. The number of primary amides is 1. The molecule has 1 aromatic rings. The van der Waals surface area contributed by atoms with Gasteiger partial charge in [-0.3, -0.25) is 9.44 Å². The summed E-state index contributed by atoms with van der Waals surface area (Å²) >= 11 is 0. The first-order valence-corrected chi connectivity index (χ1v) is 6.05. The maximum atomic E-state index is 13.1. The van der Waals surface area contributed by atoms with Gasteiger partial charge in [0.25, 0.3) is 5.91 Å². The summed E-state index contributed by atoms with van der Waals surface area (Å²) in [6.07, 6.45) is 0.397. The number of quaternary nitrogens is 1. The van der Waals surface area contributed by atoms with Crippen LogP contribution in [0, 0.1) is 11.0 Å². The molecule has 0 bridgehead atoms. The molecular weight excluding hydrogens is 267 g/mol. The summed E-state index contributed by atoms with van der Waals surface area (Å²) in [7, 11) is 0. The summed E-state index contributed by atoms with van der Waals surface area (Å²) < 4.78 is 11.7. The minimum Gasteiger partial charge on any atom is -0.624 e. The molecule has 0 aliphatic carbocycles. The number of hydrogen-bond donors (Lipinski definition) is 1. The molecule has 1 heterocycles. The average molecular weight is 280 g/mol. The Morgan fingerprint density at radius 1 is 1.55 bits per heavy atom. The van der Waals surface area contributed by atoms with Gasteiger partial charge in [0, 0.05) is 18.4 Å². The van der Waals surface area contributed by atoms with Crippen molar-refractivity contribution in [1.29, 1.82) is 0 Å². The van der Waals surface area contributed by atoms with Crippen molar-refractivity contribution in [2.45, 2.75) is 25.4 Å². The van der Waals surface area contributed by atoms with Crippen LogP contribution in [-0.2, 0) is 16.1 Å². The molecule has 1 aromatic carbocycles. The number of aldehydes is 1. The highest BCUT2D eigenvalue weighted by atomic mass is 19.1. The Kier molecular flexibility index (Phi) is 3.65. The highest BCUT2D eigenvalue weighted by Gasteiger charge is 2.46. The quantitative estimate of drug-likeness (QED) is 0.485. The second-order valence-electron chi connectivity index (χ2n) is 4.72. The Balaban J connectivity index is 2.38. The van der Waals surface area contributed by atoms with Crippen LogP contribution in [0.1, 0.15) is 28.8 Å². The number of carbonyl (C=O) groups excluding carboxylic acids is 3. The molecule has 106 valence electrons. The molecule has 0 fully saturated rings. The second kappa shape index (κ2) is 5.10. The number of rotatable bonds is 5. The SMILES string of the molecule is NC(=O)C(CCC=O)[N+]1([O-])Cc2cc(F)ccc2C1=O. The molecule has 7 heteroatoms. The summed E-state index contributed by atoms with van der Waals surface area (Å²) in [5.41, 5.74) is 5.52. The van der Waals surface area contributed by atoms with Crippen molar-refractivity contribution in [3.8, 4) is 0 Å². The van der Waals surface area contributed by atoms with E-state index in [-0.39, 0.29) is 30.5 Å². The molecule has 0 radical (unpaired) electrons. The van der Waals surface area contributed by atoms with Crippen LogP contribution in [0.3, 0.4) is 0 Å². The van der Waals surface area contributed by atoms with E-state index >= 15 is 0 Å². The van der Waals surface area contributed by atoms with Crippen molar-refractivity contribution < 1.29 is 23.4 Å². The van der Waals surface area contributed by atoms with Gasteiger partial charge in [-0.25, -0.2) is 9.18 Å². The molecule has 1 aliphatic heterocycles. The predicted octanol–water partition coefficient (Wildman–Crippen LogP) is 0.627. The molecule has 0 saturated carbocycles. The van der Waals surface area contributed by atoms with E-state index in [9.17, 15) is 24.0 Å². The molecule has 0 saturated heterocycles. The molecule has 2 atom stereocenters. The lowest BCUT2D eigenvalue weighted by molar-refractivity contribution is -0.825. The van der Waals surface area contributed by atoms with Crippen LogP contribution in [0.4, 0.5) is 4.39 Å². The van der Waals surface area contributed by atoms with E-state index in [1.165, 1.54) is 6.07 Å². The Bertz CT molecular complexity index is 590. The Morgan fingerprint density at radius 3 is 2.85 bits per heavy atom. The number of carbonyl (C=O) groups is 3. The van der Waals surface area contributed by atoms with Crippen LogP contribution in [0.15, 0.2) is 18.2 Å². The van der Waals surface area contributed by atoms with Gasteiger partial charge < -0.3 is 15.7 Å². The number of halogens is 1. The van der Waals surface area contributed by atoms with Gasteiger partial charge in [0.15, 0.2) is 6.04 Å². The van der Waals surface area contributed by atoms with E-state index in [1.54, 1.807) is 0 Å². The summed E-state index contributed by atoms with van der Waals surface area (Å²) in [6, 6.07) is 2.06. The molecule has 0 aromatic heterocycles. The topological polar surface area (TPSA) is 100 Å². The first-order chi connectivity index (χ1) is 9.40. The first kappa shape index (κ1) is 14.3. The maximum Gasteiger partial charge on any atom is 0.347 e. The molecule has 2 rings (SSSR count). The number of hydroxylamine groups is 3. The molecule has 1 aliphatic rings. The van der Waals surface area contributed by atoms with Crippen molar-refractivity contribution in [2.24, 2.45) is 5.73 Å². The highest BCUT2D eigenvalue weighted by Crippen LogP contribution is 2.33. The van der Waals surface area contributed by atoms with Gasteiger partial charge in [-0.2, -0.15) is 0 Å². The van der Waals surface area contributed by atoms with Gasteiger partial charge in [-0.15, -0.1) is 0 Å². The van der Waals surface area contributed by atoms with Gasteiger partial charge >= 0.3 is 5.91 Å². The molecule has 0 spiro atoms. The van der Waals surface area contributed by atoms with Crippen molar-refractivity contribution in [3.63, 3.8) is 0 Å². The van der Waals surface area contributed by atoms with E-state index in [4.69, 9.17) is 5.73 Å². The number of fused-ring (bicyclic) bond motifs is 1. The zero-order chi connectivity index (χ0) is 14.9. The summed E-state index contributed by atoms with van der Waals surface area (Å²) in [4.78, 5) is 34.0. The monoisotopic (exact) mass is 280 g/mol. The van der Waals surface area contributed by atoms with Crippen molar-refractivity contribution in [1.82, 2.24) is 0 Å². The lowest BCUT2D eigenvalue weighted by atomic mass is 10.1. The van der Waals surface area contributed by atoms with Gasteiger partial charge in [0.05, 0.1) is 5.56 Å². The minimum atomic E-state index is -1.48. The second-order valence-corrected chi connectivity index (χ2v) is 4.72. The van der Waals surface area contributed by atoms with E-state index in [0.29, 0.717) is 6.29 Å². The van der Waals surface area contributed by atoms with Crippen LogP contribution in [0.2, 0.25) is 0 Å². The zero-order valence-electron chi connectivity index (χ0n) is 10.5. The standard InChI is InChI=1S/C13H13FN2O4/c14-9-3-4-10-8(6-9)7-16(20,13(10)19)11(12(15)18)2-1-5-17/h3-6,11H,1-2,7H2,(H2,15,18). The van der Waals surface area contributed by atoms with Crippen LogP contribution in [0.5, 0.6) is 0 Å². The number of amides is 2. The fraction of sp³-hybridized carbons (Fsp3) is 0.308. The minimum absolute atomic E-state index is 0.0478. The van der Waals surface area contributed by atoms with E-state index in [2.05, 4.69) is 0 Å². The summed E-state index contributed by atoms with van der Waals surface area (Å²) in [5.74, 6) is -2.33. The van der Waals surface area contributed by atoms with Crippen molar-refractivity contribution in [3.05, 3.63) is 40.4 Å². The Hall–Kier alpha value is -2.12. The number of hydrogen-bond acceptors (Lipinski definition) is 4. The van der Waals surface area contributed by atoms with Crippen LogP contribution in [-0.4, -0.2) is 28.8 Å². The number of nitrogens with two attached hydrogens (primary N) is 1. The van der Waals surface area contributed by atoms with Gasteiger partial charge in [0.2, 0.25) is 0 Å². The molecular formula is C13H13FN2O4. The fourth-order valence-electron chi connectivity index (χ4n) is 2.46.